The summed E-state index contributed by atoms with van der Waals surface area (Å²) >= 11 is 0. The fourth-order valence-corrected chi connectivity index (χ4v) is 2.14. The predicted molar refractivity (Wildman–Crippen MR) is 91.7 cm³/mol. The Hall–Kier alpha value is -1.32. The monoisotopic (exact) mass is 308 g/mol. The average molecular weight is 309 g/mol. The molecule has 21 heavy (non-hydrogen) atoms. The van der Waals surface area contributed by atoms with Crippen LogP contribution in [0.4, 0.5) is 0 Å². The van der Waals surface area contributed by atoms with E-state index < -0.39 is 0 Å². The lowest BCUT2D eigenvalue weighted by Crippen LogP contribution is -2.19. The second-order valence-electron chi connectivity index (χ2n) is 5.40. The van der Waals surface area contributed by atoms with Crippen LogP contribution in [0, 0.1) is 0 Å². The minimum Gasteiger partial charge on any atom is -0.476 e. The lowest BCUT2D eigenvalue weighted by Gasteiger charge is -2.13. The quantitative estimate of drug-likeness (QED) is 0.774. The van der Waals surface area contributed by atoms with E-state index in [1.165, 1.54) is 18.2 Å². The summed E-state index contributed by atoms with van der Waals surface area (Å²) in [5.74, 6) is 0.774. The third kappa shape index (κ3) is 5.18. The largest absolute Gasteiger partial charge is 0.476 e. The van der Waals surface area contributed by atoms with Crippen molar-refractivity contribution in [3.63, 3.8) is 0 Å². The Balaban J connectivity index is 0.00000220. The van der Waals surface area contributed by atoms with E-state index in [2.05, 4.69) is 36.1 Å². The standard InChI is InChI=1S/C17H24N2O.ClH/c1-4-5-9-15-13-14-8-6-7-10-16(14)17(18-15)20-12-11-19(2)3;/h6-8,10,13H,4-5,9,11-12H2,1-3H3;1H. The number of hydrogen-bond donors (Lipinski definition) is 0. The molecular weight excluding hydrogens is 284 g/mol. The van der Waals surface area contributed by atoms with Crippen molar-refractivity contribution in [2.75, 3.05) is 27.2 Å². The van der Waals surface area contributed by atoms with Crippen LogP contribution in [0.25, 0.3) is 10.8 Å². The Morgan fingerprint density at radius 3 is 2.67 bits per heavy atom. The number of pyridine rings is 1. The van der Waals surface area contributed by atoms with E-state index >= 15 is 0 Å². The number of benzene rings is 1. The Bertz CT molecular complexity index is 557. The van der Waals surface area contributed by atoms with Gasteiger partial charge in [-0.05, 0) is 44.5 Å². The number of unbranched alkanes of at least 4 members (excludes halogenated alkanes) is 1. The number of likely N-dealkylation sites (N-methyl/N-ethyl adjacent to an activating group) is 1. The molecule has 0 amide bonds. The number of aryl methyl sites for hydroxylation is 1. The predicted octanol–water partition coefficient (Wildman–Crippen LogP) is 3.94. The number of rotatable bonds is 7. The smallest absolute Gasteiger partial charge is 0.221 e. The minimum atomic E-state index is 0. The molecule has 2 rings (SSSR count). The van der Waals surface area contributed by atoms with Crippen molar-refractivity contribution in [2.24, 2.45) is 0 Å². The second-order valence-corrected chi connectivity index (χ2v) is 5.40. The van der Waals surface area contributed by atoms with Crippen molar-refractivity contribution < 1.29 is 4.74 Å². The molecule has 0 aliphatic heterocycles. The molecule has 0 N–H and O–H groups in total. The second kappa shape index (κ2) is 8.85. The number of nitrogens with zero attached hydrogens (tertiary/aromatic N) is 2. The van der Waals surface area contributed by atoms with Gasteiger partial charge in [-0.3, -0.25) is 0 Å². The van der Waals surface area contributed by atoms with E-state index in [0.29, 0.717) is 6.61 Å². The molecule has 0 radical (unpaired) electrons. The van der Waals surface area contributed by atoms with Crippen LogP contribution in [0.2, 0.25) is 0 Å². The van der Waals surface area contributed by atoms with Gasteiger partial charge >= 0.3 is 0 Å². The van der Waals surface area contributed by atoms with Gasteiger partial charge in [-0.1, -0.05) is 31.5 Å². The van der Waals surface area contributed by atoms with Gasteiger partial charge in [0.15, 0.2) is 0 Å². The van der Waals surface area contributed by atoms with Crippen LogP contribution in [0.15, 0.2) is 30.3 Å². The molecule has 0 unspecified atom stereocenters. The van der Waals surface area contributed by atoms with E-state index in [1.54, 1.807) is 0 Å². The fourth-order valence-electron chi connectivity index (χ4n) is 2.14. The van der Waals surface area contributed by atoms with Gasteiger partial charge in [0.25, 0.3) is 0 Å². The highest BCUT2D eigenvalue weighted by molar-refractivity contribution is 5.87. The van der Waals surface area contributed by atoms with Gasteiger partial charge in [-0.25, -0.2) is 4.98 Å². The molecular formula is C17H25ClN2O. The number of aromatic nitrogens is 1. The van der Waals surface area contributed by atoms with Crippen LogP contribution in [0.3, 0.4) is 0 Å². The van der Waals surface area contributed by atoms with Crippen LogP contribution < -0.4 is 4.74 Å². The molecule has 1 heterocycles. The summed E-state index contributed by atoms with van der Waals surface area (Å²) in [6.07, 6.45) is 3.37. The maximum absolute atomic E-state index is 5.90. The van der Waals surface area contributed by atoms with Crippen molar-refractivity contribution in [1.29, 1.82) is 0 Å². The maximum Gasteiger partial charge on any atom is 0.221 e. The topological polar surface area (TPSA) is 25.4 Å². The maximum atomic E-state index is 5.90. The van der Waals surface area contributed by atoms with Crippen molar-refractivity contribution in [2.45, 2.75) is 26.2 Å². The summed E-state index contributed by atoms with van der Waals surface area (Å²) in [6.45, 7) is 3.77. The summed E-state index contributed by atoms with van der Waals surface area (Å²) in [4.78, 5) is 6.81. The van der Waals surface area contributed by atoms with Crippen LogP contribution >= 0.6 is 12.4 Å². The highest BCUT2D eigenvalue weighted by Gasteiger charge is 2.07. The van der Waals surface area contributed by atoms with Crippen molar-refractivity contribution in [3.8, 4) is 5.88 Å². The van der Waals surface area contributed by atoms with Gasteiger partial charge in [-0.2, -0.15) is 0 Å². The zero-order chi connectivity index (χ0) is 14.4. The molecule has 3 nitrogen and oxygen atoms in total. The van der Waals surface area contributed by atoms with Gasteiger partial charge in [0, 0.05) is 17.6 Å². The molecule has 0 spiro atoms. The first-order valence-corrected chi connectivity index (χ1v) is 7.37. The van der Waals surface area contributed by atoms with Crippen LogP contribution in [-0.4, -0.2) is 37.1 Å². The number of hydrogen-bond acceptors (Lipinski definition) is 3. The lowest BCUT2D eigenvalue weighted by atomic mass is 10.1. The normalized spacial score (nSPS) is 10.7. The molecule has 0 aliphatic carbocycles. The first kappa shape index (κ1) is 17.7. The average Bonchev–Trinajstić information content (AvgIpc) is 2.44. The highest BCUT2D eigenvalue weighted by atomic mass is 35.5. The van der Waals surface area contributed by atoms with E-state index in [1.807, 2.05) is 20.2 Å². The summed E-state index contributed by atoms with van der Waals surface area (Å²) in [5, 5.41) is 2.32. The third-order valence-corrected chi connectivity index (χ3v) is 3.32. The third-order valence-electron chi connectivity index (χ3n) is 3.32. The van der Waals surface area contributed by atoms with Gasteiger partial charge in [-0.15, -0.1) is 12.4 Å². The molecule has 0 saturated heterocycles. The molecule has 1 aromatic heterocycles. The van der Waals surface area contributed by atoms with E-state index in [4.69, 9.17) is 9.72 Å². The fraction of sp³-hybridized carbons (Fsp3) is 0.471. The van der Waals surface area contributed by atoms with E-state index in [0.717, 1.165) is 29.9 Å². The highest BCUT2D eigenvalue weighted by Crippen LogP contribution is 2.25. The molecule has 1 aromatic carbocycles. The zero-order valence-corrected chi connectivity index (χ0v) is 13.9. The molecule has 2 aromatic rings. The summed E-state index contributed by atoms with van der Waals surface area (Å²) < 4.78 is 5.90. The first-order valence-electron chi connectivity index (χ1n) is 7.37. The lowest BCUT2D eigenvalue weighted by molar-refractivity contribution is 0.256. The Labute approximate surface area is 133 Å². The van der Waals surface area contributed by atoms with Gasteiger partial charge in [0.1, 0.15) is 6.61 Å². The van der Waals surface area contributed by atoms with Crippen LogP contribution in [0.5, 0.6) is 5.88 Å². The van der Waals surface area contributed by atoms with E-state index in [-0.39, 0.29) is 12.4 Å². The van der Waals surface area contributed by atoms with Crippen LogP contribution in [-0.2, 0) is 6.42 Å². The SMILES string of the molecule is CCCCc1cc2ccccc2c(OCCN(C)C)n1.Cl. The summed E-state index contributed by atoms with van der Waals surface area (Å²) in [7, 11) is 4.10. The first-order chi connectivity index (χ1) is 9.70. The number of ether oxygens (including phenoxy) is 1. The van der Waals surface area contributed by atoms with Gasteiger partial charge in [0.05, 0.1) is 0 Å². The molecule has 0 saturated carbocycles. The molecule has 0 atom stereocenters. The number of fused-ring (bicyclic) bond motifs is 1. The molecule has 0 bridgehead atoms. The Morgan fingerprint density at radius 2 is 1.95 bits per heavy atom. The van der Waals surface area contributed by atoms with Crippen molar-refractivity contribution >= 4 is 23.2 Å². The number of halogens is 1. The summed E-state index contributed by atoms with van der Waals surface area (Å²) in [5.41, 5.74) is 1.13. The molecule has 116 valence electrons. The Kier molecular flexibility index (Phi) is 7.48. The van der Waals surface area contributed by atoms with Crippen LogP contribution in [0.1, 0.15) is 25.5 Å². The van der Waals surface area contributed by atoms with E-state index in [9.17, 15) is 0 Å². The zero-order valence-electron chi connectivity index (χ0n) is 13.1. The molecule has 4 heteroatoms. The minimum absolute atomic E-state index is 0. The summed E-state index contributed by atoms with van der Waals surface area (Å²) in [6, 6.07) is 10.5. The van der Waals surface area contributed by atoms with Crippen molar-refractivity contribution in [3.05, 3.63) is 36.0 Å². The van der Waals surface area contributed by atoms with Crippen molar-refractivity contribution in [1.82, 2.24) is 9.88 Å². The Morgan fingerprint density at radius 1 is 1.19 bits per heavy atom. The molecule has 0 aliphatic rings. The molecule has 0 fully saturated rings. The van der Waals surface area contributed by atoms with Gasteiger partial charge < -0.3 is 9.64 Å². The van der Waals surface area contributed by atoms with Gasteiger partial charge in [0.2, 0.25) is 5.88 Å².